The summed E-state index contributed by atoms with van der Waals surface area (Å²) in [7, 11) is 0. The van der Waals surface area contributed by atoms with E-state index < -0.39 is 0 Å². The Morgan fingerprint density at radius 1 is 1.53 bits per heavy atom. The lowest BCUT2D eigenvalue weighted by Gasteiger charge is -2.09. The lowest BCUT2D eigenvalue weighted by atomic mass is 10.2. The number of imidazole rings is 1. The van der Waals surface area contributed by atoms with Crippen LogP contribution in [0.5, 0.6) is 0 Å². The standard InChI is InChI=1S/C12H12BrN3S/c1-2-11-15-5-6-16(11)8-3-4-9(12(14)17)10(13)7-8/h3-7H,2H2,1H3,(H2,14,17). The third kappa shape index (κ3) is 2.40. The van der Waals surface area contributed by atoms with Gasteiger partial charge in [0.05, 0.1) is 0 Å². The monoisotopic (exact) mass is 309 g/mol. The maximum atomic E-state index is 5.62. The second kappa shape index (κ2) is 4.98. The van der Waals surface area contributed by atoms with Crippen LogP contribution in [0.4, 0.5) is 0 Å². The molecule has 2 rings (SSSR count). The zero-order valence-corrected chi connectivity index (χ0v) is 11.8. The Balaban J connectivity index is 2.48. The molecular formula is C12H12BrN3S. The van der Waals surface area contributed by atoms with Gasteiger partial charge in [0.25, 0.3) is 0 Å². The van der Waals surface area contributed by atoms with Gasteiger partial charge in [0, 0.05) is 34.5 Å². The van der Waals surface area contributed by atoms with Gasteiger partial charge >= 0.3 is 0 Å². The van der Waals surface area contributed by atoms with Gasteiger partial charge in [-0.05, 0) is 34.1 Å². The quantitative estimate of drug-likeness (QED) is 0.887. The topological polar surface area (TPSA) is 43.8 Å². The highest BCUT2D eigenvalue weighted by molar-refractivity contribution is 9.10. The second-order valence-electron chi connectivity index (χ2n) is 3.60. The summed E-state index contributed by atoms with van der Waals surface area (Å²) < 4.78 is 2.95. The van der Waals surface area contributed by atoms with Gasteiger partial charge in [-0.2, -0.15) is 0 Å². The van der Waals surface area contributed by atoms with Crippen molar-refractivity contribution >= 4 is 33.1 Å². The molecule has 0 fully saturated rings. The molecule has 1 heterocycles. The first-order valence-electron chi connectivity index (χ1n) is 5.25. The van der Waals surface area contributed by atoms with Gasteiger partial charge in [0.2, 0.25) is 0 Å². The molecule has 1 aromatic heterocycles. The van der Waals surface area contributed by atoms with E-state index >= 15 is 0 Å². The highest BCUT2D eigenvalue weighted by Gasteiger charge is 2.07. The first kappa shape index (κ1) is 12.3. The SMILES string of the molecule is CCc1nccn1-c1ccc(C(N)=S)c(Br)c1. The summed E-state index contributed by atoms with van der Waals surface area (Å²) >= 11 is 8.45. The minimum atomic E-state index is 0.393. The number of halogens is 1. The number of benzene rings is 1. The molecule has 0 aliphatic rings. The minimum absolute atomic E-state index is 0.393. The molecule has 3 nitrogen and oxygen atoms in total. The van der Waals surface area contributed by atoms with Crippen LogP contribution in [0, 0.1) is 0 Å². The van der Waals surface area contributed by atoms with Gasteiger partial charge in [0.1, 0.15) is 10.8 Å². The van der Waals surface area contributed by atoms with E-state index in [-0.39, 0.29) is 0 Å². The minimum Gasteiger partial charge on any atom is -0.389 e. The molecule has 2 N–H and O–H groups in total. The van der Waals surface area contributed by atoms with Crippen molar-refractivity contribution in [1.82, 2.24) is 9.55 Å². The molecule has 2 aromatic rings. The molecule has 0 bridgehead atoms. The molecular weight excluding hydrogens is 298 g/mol. The summed E-state index contributed by atoms with van der Waals surface area (Å²) in [5.74, 6) is 1.03. The van der Waals surface area contributed by atoms with Gasteiger partial charge in [0.15, 0.2) is 0 Å². The van der Waals surface area contributed by atoms with Gasteiger partial charge < -0.3 is 10.3 Å². The van der Waals surface area contributed by atoms with Crippen molar-refractivity contribution in [3.8, 4) is 5.69 Å². The molecule has 0 spiro atoms. The largest absolute Gasteiger partial charge is 0.389 e. The molecule has 0 amide bonds. The number of nitrogens with two attached hydrogens (primary N) is 1. The Kier molecular flexibility index (Phi) is 3.59. The van der Waals surface area contributed by atoms with Crippen LogP contribution in [-0.4, -0.2) is 14.5 Å². The molecule has 17 heavy (non-hydrogen) atoms. The fourth-order valence-electron chi connectivity index (χ4n) is 1.68. The summed E-state index contributed by atoms with van der Waals surface area (Å²) in [6, 6.07) is 5.90. The number of thiocarbonyl (C=S) groups is 1. The van der Waals surface area contributed by atoms with Crippen molar-refractivity contribution in [2.24, 2.45) is 5.73 Å². The summed E-state index contributed by atoms with van der Waals surface area (Å²) in [5.41, 5.74) is 7.52. The number of rotatable bonds is 3. The summed E-state index contributed by atoms with van der Waals surface area (Å²) in [4.78, 5) is 4.69. The molecule has 0 aliphatic carbocycles. The van der Waals surface area contributed by atoms with E-state index in [1.807, 2.05) is 29.0 Å². The Labute approximate surface area is 114 Å². The van der Waals surface area contributed by atoms with Gasteiger partial charge in [-0.3, -0.25) is 0 Å². The lowest BCUT2D eigenvalue weighted by molar-refractivity contribution is 0.891. The van der Waals surface area contributed by atoms with Crippen LogP contribution in [0.3, 0.4) is 0 Å². The van der Waals surface area contributed by atoms with Crippen LogP contribution in [0.1, 0.15) is 18.3 Å². The van der Waals surface area contributed by atoms with E-state index in [4.69, 9.17) is 18.0 Å². The number of aryl methyl sites for hydroxylation is 1. The van der Waals surface area contributed by atoms with Crippen LogP contribution >= 0.6 is 28.1 Å². The Morgan fingerprint density at radius 3 is 2.88 bits per heavy atom. The smallest absolute Gasteiger partial charge is 0.112 e. The van der Waals surface area contributed by atoms with Crippen LogP contribution in [0.25, 0.3) is 5.69 Å². The third-order valence-electron chi connectivity index (χ3n) is 2.53. The molecule has 0 aliphatic heterocycles. The third-order valence-corrected chi connectivity index (χ3v) is 3.41. The van der Waals surface area contributed by atoms with Crippen molar-refractivity contribution < 1.29 is 0 Å². The van der Waals surface area contributed by atoms with Gasteiger partial charge in [-0.25, -0.2) is 4.98 Å². The Hall–Kier alpha value is -1.20. The van der Waals surface area contributed by atoms with Crippen molar-refractivity contribution in [2.75, 3.05) is 0 Å². The number of aromatic nitrogens is 2. The highest BCUT2D eigenvalue weighted by Crippen LogP contribution is 2.21. The van der Waals surface area contributed by atoms with E-state index in [1.54, 1.807) is 6.20 Å². The highest BCUT2D eigenvalue weighted by atomic mass is 79.9. The molecule has 88 valence electrons. The molecule has 0 radical (unpaired) electrons. The maximum Gasteiger partial charge on any atom is 0.112 e. The predicted molar refractivity (Wildman–Crippen MR) is 76.5 cm³/mol. The van der Waals surface area contributed by atoms with Crippen molar-refractivity contribution in [3.63, 3.8) is 0 Å². The molecule has 5 heteroatoms. The lowest BCUT2D eigenvalue weighted by Crippen LogP contribution is -2.10. The zero-order chi connectivity index (χ0) is 12.4. The maximum absolute atomic E-state index is 5.62. The molecule has 0 saturated carbocycles. The molecule has 0 atom stereocenters. The first-order valence-corrected chi connectivity index (χ1v) is 6.45. The predicted octanol–water partition coefficient (Wildman–Crippen LogP) is 2.83. The molecule has 1 aromatic carbocycles. The van der Waals surface area contributed by atoms with Crippen molar-refractivity contribution in [1.29, 1.82) is 0 Å². The number of hydrogen-bond donors (Lipinski definition) is 1. The fraction of sp³-hybridized carbons (Fsp3) is 0.167. The Morgan fingerprint density at radius 2 is 2.29 bits per heavy atom. The average Bonchev–Trinajstić information content (AvgIpc) is 2.76. The van der Waals surface area contributed by atoms with E-state index in [9.17, 15) is 0 Å². The summed E-state index contributed by atoms with van der Waals surface area (Å²) in [6.45, 7) is 2.08. The van der Waals surface area contributed by atoms with Crippen LogP contribution in [-0.2, 0) is 6.42 Å². The van der Waals surface area contributed by atoms with Crippen LogP contribution in [0.15, 0.2) is 35.1 Å². The van der Waals surface area contributed by atoms with E-state index in [0.29, 0.717) is 4.99 Å². The second-order valence-corrected chi connectivity index (χ2v) is 4.89. The molecule has 0 saturated heterocycles. The summed E-state index contributed by atoms with van der Waals surface area (Å²) in [5, 5.41) is 0. The fourth-order valence-corrected chi connectivity index (χ4v) is 2.57. The molecule has 0 unspecified atom stereocenters. The van der Waals surface area contributed by atoms with E-state index in [0.717, 1.165) is 28.0 Å². The zero-order valence-electron chi connectivity index (χ0n) is 9.35. The van der Waals surface area contributed by atoms with Crippen LogP contribution < -0.4 is 5.73 Å². The van der Waals surface area contributed by atoms with Crippen molar-refractivity contribution in [3.05, 3.63) is 46.5 Å². The Bertz CT molecular complexity index is 563. The average molecular weight is 310 g/mol. The first-order chi connectivity index (χ1) is 8.13. The van der Waals surface area contributed by atoms with Gasteiger partial charge in [-0.15, -0.1) is 0 Å². The van der Waals surface area contributed by atoms with Crippen molar-refractivity contribution in [2.45, 2.75) is 13.3 Å². The van der Waals surface area contributed by atoms with Gasteiger partial charge in [-0.1, -0.05) is 19.1 Å². The summed E-state index contributed by atoms with van der Waals surface area (Å²) in [6.07, 6.45) is 4.64. The van der Waals surface area contributed by atoms with E-state index in [1.165, 1.54) is 0 Å². The normalized spacial score (nSPS) is 10.5. The van der Waals surface area contributed by atoms with E-state index in [2.05, 4.69) is 27.8 Å². The number of hydrogen-bond acceptors (Lipinski definition) is 2. The number of nitrogens with zero attached hydrogens (tertiary/aromatic N) is 2. The van der Waals surface area contributed by atoms with Crippen LogP contribution in [0.2, 0.25) is 0 Å².